The van der Waals surface area contributed by atoms with Gasteiger partial charge in [0, 0.05) is 43.3 Å². The lowest BCUT2D eigenvalue weighted by Crippen LogP contribution is -2.40. The zero-order valence-corrected chi connectivity index (χ0v) is 19.3. The van der Waals surface area contributed by atoms with E-state index in [4.69, 9.17) is 5.26 Å². The fourth-order valence-corrected chi connectivity index (χ4v) is 6.07. The highest BCUT2D eigenvalue weighted by molar-refractivity contribution is 7.14. The first-order chi connectivity index (χ1) is 16.0. The Morgan fingerprint density at radius 2 is 2.09 bits per heavy atom. The number of amides is 2. The van der Waals surface area contributed by atoms with Gasteiger partial charge >= 0.3 is 0 Å². The number of fused-ring (bicyclic) bond motifs is 1. The zero-order chi connectivity index (χ0) is 22.9. The number of nitrogens with zero attached hydrogens (tertiary/aromatic N) is 4. The summed E-state index contributed by atoms with van der Waals surface area (Å²) in [5.74, 6) is -0.312. The summed E-state index contributed by atoms with van der Waals surface area (Å²) in [7, 11) is 1.86. The number of carbonyl (C=O) groups is 2. The molecule has 2 amide bonds. The van der Waals surface area contributed by atoms with Gasteiger partial charge < -0.3 is 15.2 Å². The maximum absolute atomic E-state index is 13.4. The summed E-state index contributed by atoms with van der Waals surface area (Å²) in [6.07, 6.45) is 11.0. The Labute approximate surface area is 196 Å². The second kappa shape index (κ2) is 8.87. The average molecular weight is 463 g/mol. The van der Waals surface area contributed by atoms with Crippen molar-refractivity contribution in [3.05, 3.63) is 62.9 Å². The third kappa shape index (κ3) is 4.31. The summed E-state index contributed by atoms with van der Waals surface area (Å²) in [4.78, 5) is 33.1. The van der Waals surface area contributed by atoms with Crippen LogP contribution in [0.25, 0.3) is 0 Å². The molecule has 0 spiro atoms. The van der Waals surface area contributed by atoms with E-state index in [-0.39, 0.29) is 23.8 Å². The van der Waals surface area contributed by atoms with Crippen molar-refractivity contribution >= 4 is 23.2 Å². The Morgan fingerprint density at radius 1 is 1.24 bits per heavy atom. The number of hydrogen-bond donors (Lipinski definition) is 2. The van der Waals surface area contributed by atoms with Gasteiger partial charge in [-0.05, 0) is 48.9 Å². The van der Waals surface area contributed by atoms with Crippen LogP contribution in [0.15, 0.2) is 30.7 Å². The molecule has 2 atom stereocenters. The van der Waals surface area contributed by atoms with Crippen LogP contribution in [0.3, 0.4) is 0 Å². The van der Waals surface area contributed by atoms with Gasteiger partial charge in [-0.2, -0.15) is 10.4 Å². The van der Waals surface area contributed by atoms with Crippen LogP contribution in [0, 0.1) is 11.3 Å². The largest absolute Gasteiger partial charge is 0.356 e. The van der Waals surface area contributed by atoms with Crippen LogP contribution in [-0.4, -0.2) is 50.6 Å². The minimum absolute atomic E-state index is 0.0327. The fraction of sp³-hybridized carbons (Fsp3) is 0.417. The van der Waals surface area contributed by atoms with E-state index >= 15 is 0 Å². The van der Waals surface area contributed by atoms with Crippen LogP contribution in [0.2, 0.25) is 0 Å². The van der Waals surface area contributed by atoms with E-state index in [1.165, 1.54) is 42.0 Å². The molecule has 1 saturated heterocycles. The van der Waals surface area contributed by atoms with Crippen molar-refractivity contribution in [3.63, 3.8) is 0 Å². The van der Waals surface area contributed by atoms with Crippen molar-refractivity contribution in [1.82, 2.24) is 25.0 Å². The maximum atomic E-state index is 13.4. The van der Waals surface area contributed by atoms with Crippen LogP contribution in [0.5, 0.6) is 0 Å². The van der Waals surface area contributed by atoms with Gasteiger partial charge in [-0.15, -0.1) is 11.3 Å². The Balaban J connectivity index is 1.37. The Hall–Kier alpha value is -3.38. The molecule has 0 bridgehead atoms. The minimum atomic E-state index is -0.285. The summed E-state index contributed by atoms with van der Waals surface area (Å²) in [6, 6.07) is 5.39. The topological polar surface area (TPSA) is 107 Å². The van der Waals surface area contributed by atoms with Gasteiger partial charge in [0.2, 0.25) is 0 Å². The third-order valence-electron chi connectivity index (χ3n) is 6.59. The number of likely N-dealkylation sites (tertiary alicyclic amines) is 1. The fourth-order valence-electron chi connectivity index (χ4n) is 4.85. The summed E-state index contributed by atoms with van der Waals surface area (Å²) < 4.78 is 1.74. The lowest BCUT2D eigenvalue weighted by Gasteiger charge is -2.18. The standard InChI is InChI=1S/C24H26N6O2S/c1-29-12-17(11-27-29)18-13-30(14-20(18)28-23(31)19-7-15(9-25)10-26-19)24(32)22-8-16-5-3-2-4-6-21(16)33-22/h7-8,10-12,18,20,26H,2-6,13-14H2,1H3,(H,28,31)/t18-,20+/m0/s1. The van der Waals surface area contributed by atoms with Gasteiger partial charge in [0.05, 0.1) is 22.7 Å². The first kappa shape index (κ1) is 21.5. The molecule has 33 heavy (non-hydrogen) atoms. The molecule has 1 aliphatic heterocycles. The lowest BCUT2D eigenvalue weighted by atomic mass is 9.97. The number of aromatic amines is 1. The number of nitrogens with one attached hydrogen (secondary N) is 2. The molecule has 1 fully saturated rings. The number of aromatic nitrogens is 3. The summed E-state index contributed by atoms with van der Waals surface area (Å²) >= 11 is 1.63. The van der Waals surface area contributed by atoms with Gasteiger partial charge in [-0.3, -0.25) is 14.3 Å². The molecule has 1 aliphatic carbocycles. The minimum Gasteiger partial charge on any atom is -0.356 e. The molecule has 0 aromatic carbocycles. The van der Waals surface area contributed by atoms with Crippen molar-refractivity contribution in [3.8, 4) is 6.07 Å². The predicted octanol–water partition coefficient (Wildman–Crippen LogP) is 2.99. The van der Waals surface area contributed by atoms with Crippen LogP contribution < -0.4 is 5.32 Å². The number of rotatable bonds is 4. The normalized spacial score (nSPS) is 20.2. The summed E-state index contributed by atoms with van der Waals surface area (Å²) in [5.41, 5.74) is 3.06. The molecule has 3 aromatic heterocycles. The number of H-pyrrole nitrogens is 1. The van der Waals surface area contributed by atoms with E-state index < -0.39 is 0 Å². The number of hydrogen-bond acceptors (Lipinski definition) is 5. The first-order valence-electron chi connectivity index (χ1n) is 11.3. The molecule has 2 N–H and O–H groups in total. The third-order valence-corrected chi connectivity index (χ3v) is 7.82. The Bertz CT molecular complexity index is 1210. The predicted molar refractivity (Wildman–Crippen MR) is 124 cm³/mol. The van der Waals surface area contributed by atoms with E-state index in [0.717, 1.165) is 23.3 Å². The smallest absolute Gasteiger partial charge is 0.268 e. The van der Waals surface area contributed by atoms with Gasteiger partial charge in [0.15, 0.2) is 0 Å². The molecular formula is C24H26N6O2S. The molecule has 8 nitrogen and oxygen atoms in total. The SMILES string of the molecule is Cn1cc([C@@H]2CN(C(=O)c3cc4c(s3)CCCCC4)C[C@H]2NC(=O)c2cc(C#N)c[nH]2)cn1. The van der Waals surface area contributed by atoms with E-state index in [9.17, 15) is 9.59 Å². The van der Waals surface area contributed by atoms with E-state index in [0.29, 0.717) is 24.3 Å². The van der Waals surface area contributed by atoms with E-state index in [1.807, 2.05) is 24.2 Å². The Kier molecular flexibility index (Phi) is 5.77. The number of nitriles is 1. The molecular weight excluding hydrogens is 436 g/mol. The molecule has 4 heterocycles. The second-order valence-electron chi connectivity index (χ2n) is 8.88. The summed E-state index contributed by atoms with van der Waals surface area (Å²) in [6.45, 7) is 0.949. The molecule has 170 valence electrons. The van der Waals surface area contributed by atoms with E-state index in [2.05, 4.69) is 21.5 Å². The molecule has 0 radical (unpaired) electrons. The highest BCUT2D eigenvalue weighted by Crippen LogP contribution is 2.33. The van der Waals surface area contributed by atoms with Gasteiger partial charge in [0.25, 0.3) is 11.8 Å². The summed E-state index contributed by atoms with van der Waals surface area (Å²) in [5, 5.41) is 16.4. The zero-order valence-electron chi connectivity index (χ0n) is 18.5. The highest BCUT2D eigenvalue weighted by Gasteiger charge is 2.39. The van der Waals surface area contributed by atoms with Gasteiger partial charge in [-0.1, -0.05) is 6.42 Å². The lowest BCUT2D eigenvalue weighted by molar-refractivity contribution is 0.0786. The average Bonchev–Trinajstić information content (AvgIpc) is 3.58. The molecule has 5 rings (SSSR count). The van der Waals surface area contributed by atoms with Crippen LogP contribution in [-0.2, 0) is 19.9 Å². The number of carbonyl (C=O) groups excluding carboxylic acids is 2. The van der Waals surface area contributed by atoms with Crippen molar-refractivity contribution in [2.75, 3.05) is 13.1 Å². The van der Waals surface area contributed by atoms with E-state index in [1.54, 1.807) is 22.2 Å². The quantitative estimate of drug-likeness (QED) is 0.581. The van der Waals surface area contributed by atoms with Crippen molar-refractivity contribution in [1.29, 1.82) is 5.26 Å². The highest BCUT2D eigenvalue weighted by atomic mass is 32.1. The maximum Gasteiger partial charge on any atom is 0.268 e. The number of aryl methyl sites for hydroxylation is 3. The molecule has 9 heteroatoms. The molecule has 2 aliphatic rings. The van der Waals surface area contributed by atoms with Gasteiger partial charge in [-0.25, -0.2) is 0 Å². The Morgan fingerprint density at radius 3 is 2.85 bits per heavy atom. The second-order valence-corrected chi connectivity index (χ2v) is 10.0. The van der Waals surface area contributed by atoms with Crippen molar-refractivity contribution < 1.29 is 9.59 Å². The van der Waals surface area contributed by atoms with Gasteiger partial charge in [0.1, 0.15) is 11.8 Å². The van der Waals surface area contributed by atoms with Crippen molar-refractivity contribution in [2.45, 2.75) is 44.1 Å². The van der Waals surface area contributed by atoms with Crippen LogP contribution in [0.1, 0.15) is 66.9 Å². The molecule has 0 unspecified atom stereocenters. The van der Waals surface area contributed by atoms with Crippen LogP contribution >= 0.6 is 11.3 Å². The number of thiophene rings is 1. The monoisotopic (exact) mass is 462 g/mol. The van der Waals surface area contributed by atoms with Crippen LogP contribution in [0.4, 0.5) is 0 Å². The first-order valence-corrected chi connectivity index (χ1v) is 12.1. The molecule has 3 aromatic rings. The van der Waals surface area contributed by atoms with Crippen molar-refractivity contribution in [2.24, 2.45) is 7.05 Å². The molecule has 0 saturated carbocycles.